The molecule has 2 aromatic rings. The SMILES string of the molecule is COC(=O)c1nc(-c2cc(NC3CCOCC3)ncc2C)nn1C1CCCCO1. The summed E-state index contributed by atoms with van der Waals surface area (Å²) in [5.41, 5.74) is 1.76. The molecule has 0 spiro atoms. The maximum absolute atomic E-state index is 12.3. The van der Waals surface area contributed by atoms with Gasteiger partial charge >= 0.3 is 5.97 Å². The maximum atomic E-state index is 12.3. The molecule has 0 aromatic carbocycles. The van der Waals surface area contributed by atoms with Gasteiger partial charge in [-0.2, -0.15) is 0 Å². The lowest BCUT2D eigenvalue weighted by Crippen LogP contribution is -2.28. The summed E-state index contributed by atoms with van der Waals surface area (Å²) in [6.07, 6.45) is 6.21. The number of hydrogen-bond acceptors (Lipinski definition) is 8. The van der Waals surface area contributed by atoms with Gasteiger partial charge in [0.05, 0.1) is 7.11 Å². The van der Waals surface area contributed by atoms with Gasteiger partial charge in [-0.25, -0.2) is 19.4 Å². The topological polar surface area (TPSA) is 100 Å². The first-order valence-corrected chi connectivity index (χ1v) is 10.1. The van der Waals surface area contributed by atoms with Crippen molar-refractivity contribution in [1.29, 1.82) is 0 Å². The summed E-state index contributed by atoms with van der Waals surface area (Å²) in [4.78, 5) is 21.3. The van der Waals surface area contributed by atoms with Gasteiger partial charge < -0.3 is 19.5 Å². The molecule has 9 heteroatoms. The van der Waals surface area contributed by atoms with E-state index in [-0.39, 0.29) is 12.1 Å². The number of nitrogens with one attached hydrogen (secondary N) is 1. The summed E-state index contributed by atoms with van der Waals surface area (Å²) < 4.78 is 17.7. The van der Waals surface area contributed by atoms with Crippen molar-refractivity contribution in [1.82, 2.24) is 19.7 Å². The Kier molecular flexibility index (Phi) is 6.05. The normalized spacial score (nSPS) is 20.4. The van der Waals surface area contributed by atoms with Crippen molar-refractivity contribution in [2.45, 2.75) is 51.3 Å². The number of aryl methyl sites for hydroxylation is 1. The van der Waals surface area contributed by atoms with Crippen molar-refractivity contribution in [3.63, 3.8) is 0 Å². The minimum atomic E-state index is -0.523. The van der Waals surface area contributed by atoms with E-state index in [1.54, 1.807) is 10.9 Å². The molecule has 29 heavy (non-hydrogen) atoms. The first-order valence-electron chi connectivity index (χ1n) is 10.1. The largest absolute Gasteiger partial charge is 0.463 e. The predicted octanol–water partition coefficient (Wildman–Crippen LogP) is 2.73. The highest BCUT2D eigenvalue weighted by Gasteiger charge is 2.27. The first kappa shape index (κ1) is 19.8. The molecule has 1 unspecified atom stereocenters. The summed E-state index contributed by atoms with van der Waals surface area (Å²) in [6, 6.07) is 2.27. The zero-order valence-corrected chi connectivity index (χ0v) is 16.9. The van der Waals surface area contributed by atoms with Crippen LogP contribution < -0.4 is 5.32 Å². The van der Waals surface area contributed by atoms with Crippen LogP contribution in [0.5, 0.6) is 0 Å². The zero-order valence-electron chi connectivity index (χ0n) is 16.9. The fourth-order valence-corrected chi connectivity index (χ4v) is 3.68. The molecule has 0 saturated carbocycles. The second-order valence-electron chi connectivity index (χ2n) is 7.43. The molecule has 0 amide bonds. The second-order valence-corrected chi connectivity index (χ2v) is 7.43. The molecule has 2 aromatic heterocycles. The van der Waals surface area contributed by atoms with Gasteiger partial charge in [-0.1, -0.05) is 0 Å². The fraction of sp³-hybridized carbons (Fsp3) is 0.600. The van der Waals surface area contributed by atoms with Gasteiger partial charge in [0, 0.05) is 37.6 Å². The number of carbonyl (C=O) groups is 1. The Morgan fingerprint density at radius 1 is 1.24 bits per heavy atom. The lowest BCUT2D eigenvalue weighted by atomic mass is 10.1. The third kappa shape index (κ3) is 4.40. The summed E-state index contributed by atoms with van der Waals surface area (Å²) in [7, 11) is 1.34. The zero-order chi connectivity index (χ0) is 20.2. The number of esters is 1. The van der Waals surface area contributed by atoms with Crippen molar-refractivity contribution in [3.8, 4) is 11.4 Å². The average molecular weight is 401 g/mol. The van der Waals surface area contributed by atoms with Gasteiger partial charge in [-0.3, -0.25) is 0 Å². The van der Waals surface area contributed by atoms with Crippen LogP contribution in [0.15, 0.2) is 12.3 Å². The number of rotatable bonds is 5. The van der Waals surface area contributed by atoms with Crippen LogP contribution in [-0.2, 0) is 14.2 Å². The number of pyridine rings is 1. The monoisotopic (exact) mass is 401 g/mol. The van der Waals surface area contributed by atoms with E-state index in [0.717, 1.165) is 62.3 Å². The molecule has 1 atom stereocenters. The summed E-state index contributed by atoms with van der Waals surface area (Å²) >= 11 is 0. The van der Waals surface area contributed by atoms with Crippen molar-refractivity contribution in [2.75, 3.05) is 32.2 Å². The Labute approximate surface area is 169 Å². The van der Waals surface area contributed by atoms with Gasteiger partial charge in [-0.15, -0.1) is 5.10 Å². The van der Waals surface area contributed by atoms with E-state index >= 15 is 0 Å². The number of aromatic nitrogens is 4. The van der Waals surface area contributed by atoms with Gasteiger partial charge in [0.25, 0.3) is 0 Å². The van der Waals surface area contributed by atoms with Gasteiger partial charge in [0.15, 0.2) is 12.1 Å². The lowest BCUT2D eigenvalue weighted by Gasteiger charge is -2.24. The lowest BCUT2D eigenvalue weighted by molar-refractivity contribution is -0.0417. The summed E-state index contributed by atoms with van der Waals surface area (Å²) in [5.74, 6) is 0.867. The molecule has 2 aliphatic heterocycles. The average Bonchev–Trinajstić information content (AvgIpc) is 3.21. The van der Waals surface area contributed by atoms with Crippen molar-refractivity contribution >= 4 is 11.8 Å². The molecule has 4 rings (SSSR count). The highest BCUT2D eigenvalue weighted by molar-refractivity contribution is 5.86. The fourth-order valence-electron chi connectivity index (χ4n) is 3.68. The Morgan fingerprint density at radius 3 is 2.79 bits per heavy atom. The Hall–Kier alpha value is -2.52. The molecule has 4 heterocycles. The van der Waals surface area contributed by atoms with Crippen LogP contribution in [0.3, 0.4) is 0 Å². The molecule has 1 N–H and O–H groups in total. The summed E-state index contributed by atoms with van der Waals surface area (Å²) in [5, 5.41) is 8.09. The van der Waals surface area contributed by atoms with Crippen LogP contribution in [0, 0.1) is 6.92 Å². The highest BCUT2D eigenvalue weighted by Crippen LogP contribution is 2.28. The van der Waals surface area contributed by atoms with E-state index in [9.17, 15) is 4.79 Å². The molecule has 0 aliphatic carbocycles. The third-order valence-electron chi connectivity index (χ3n) is 5.35. The number of nitrogens with zero attached hydrogens (tertiary/aromatic N) is 4. The van der Waals surface area contributed by atoms with E-state index in [1.807, 2.05) is 13.0 Å². The number of ether oxygens (including phenoxy) is 3. The van der Waals surface area contributed by atoms with Crippen LogP contribution in [-0.4, -0.2) is 58.7 Å². The van der Waals surface area contributed by atoms with Crippen molar-refractivity contribution < 1.29 is 19.0 Å². The molecule has 156 valence electrons. The van der Waals surface area contributed by atoms with Crippen molar-refractivity contribution in [2.24, 2.45) is 0 Å². The number of hydrogen-bond donors (Lipinski definition) is 1. The summed E-state index contributed by atoms with van der Waals surface area (Å²) in [6.45, 7) is 4.11. The Bertz CT molecular complexity index is 857. The van der Waals surface area contributed by atoms with E-state index < -0.39 is 5.97 Å². The molecule has 9 nitrogen and oxygen atoms in total. The predicted molar refractivity (Wildman–Crippen MR) is 106 cm³/mol. The van der Waals surface area contributed by atoms with E-state index in [0.29, 0.717) is 18.5 Å². The molecular formula is C20H27N5O4. The molecule has 0 radical (unpaired) electrons. The minimum absolute atomic E-state index is 0.157. The minimum Gasteiger partial charge on any atom is -0.463 e. The van der Waals surface area contributed by atoms with Crippen molar-refractivity contribution in [3.05, 3.63) is 23.7 Å². The van der Waals surface area contributed by atoms with Gasteiger partial charge in [0.2, 0.25) is 5.82 Å². The van der Waals surface area contributed by atoms with Gasteiger partial charge in [-0.05, 0) is 50.7 Å². The molecule has 2 saturated heterocycles. The van der Waals surface area contributed by atoms with E-state index in [1.165, 1.54) is 7.11 Å². The smallest absolute Gasteiger partial charge is 0.375 e. The standard InChI is InChI=1S/C20H27N5O4/c1-13-12-21-16(22-14-6-9-28-10-7-14)11-15(13)18-23-19(20(26)27-2)25(24-18)17-5-3-4-8-29-17/h11-12,14,17H,3-10H2,1-2H3,(H,21,22). The van der Waals surface area contributed by atoms with E-state index in [2.05, 4.69) is 20.4 Å². The highest BCUT2D eigenvalue weighted by atomic mass is 16.5. The van der Waals surface area contributed by atoms with Crippen LogP contribution in [0.2, 0.25) is 0 Å². The van der Waals surface area contributed by atoms with Crippen LogP contribution in [0.25, 0.3) is 11.4 Å². The Morgan fingerprint density at radius 2 is 2.07 bits per heavy atom. The third-order valence-corrected chi connectivity index (χ3v) is 5.35. The van der Waals surface area contributed by atoms with Crippen LogP contribution in [0.4, 0.5) is 5.82 Å². The van der Waals surface area contributed by atoms with Crippen LogP contribution in [0.1, 0.15) is 54.5 Å². The molecular weight excluding hydrogens is 374 g/mol. The van der Waals surface area contributed by atoms with E-state index in [4.69, 9.17) is 14.2 Å². The Balaban J connectivity index is 1.65. The molecule has 0 bridgehead atoms. The van der Waals surface area contributed by atoms with Gasteiger partial charge in [0.1, 0.15) is 5.82 Å². The number of anilines is 1. The quantitative estimate of drug-likeness (QED) is 0.764. The number of methoxy groups -OCH3 is 1. The maximum Gasteiger partial charge on any atom is 0.375 e. The molecule has 2 aliphatic rings. The second kappa shape index (κ2) is 8.87. The first-order chi connectivity index (χ1) is 14.2. The van der Waals surface area contributed by atoms with Crippen LogP contribution >= 0.6 is 0 Å². The number of carbonyl (C=O) groups excluding carboxylic acids is 1. The molecule has 2 fully saturated rings.